The van der Waals surface area contributed by atoms with Gasteiger partial charge in [0.25, 0.3) is 11.8 Å². The lowest BCUT2D eigenvalue weighted by Crippen LogP contribution is -2.40. The van der Waals surface area contributed by atoms with E-state index in [4.69, 9.17) is 9.47 Å². The molecule has 0 unspecified atom stereocenters. The van der Waals surface area contributed by atoms with Crippen LogP contribution in [0.5, 0.6) is 0 Å². The van der Waals surface area contributed by atoms with Crippen molar-refractivity contribution >= 4 is 55.6 Å². The Balaban J connectivity index is 0.000000214. The lowest BCUT2D eigenvalue weighted by molar-refractivity contribution is 0.00672. The van der Waals surface area contributed by atoms with Crippen molar-refractivity contribution in [3.05, 3.63) is 139 Å². The number of halogens is 2. The number of hydrogen-bond acceptors (Lipinski definition) is 6. The van der Waals surface area contributed by atoms with E-state index in [-0.39, 0.29) is 46.8 Å². The number of carbonyl (C=O) groups excluding carboxylic acids is 4. The second-order valence-electron chi connectivity index (χ2n) is 15.8. The first-order valence-corrected chi connectivity index (χ1v) is 20.9. The fourth-order valence-corrected chi connectivity index (χ4v) is 8.18. The lowest BCUT2D eigenvalue weighted by Gasteiger charge is -2.37. The molecule has 0 heterocycles. The van der Waals surface area contributed by atoms with Gasteiger partial charge in [0.1, 0.15) is 12.2 Å². The molecule has 8 nitrogen and oxygen atoms in total. The standard InChI is InChI=1S/2C23H26BrNO3/c2*1-16-7-3-4-8-18(16)21(26)25-15-23(2)13-11-17(12-14-23)28-22(27)19-9-5-6-10-20(19)24/h2*3-10,17H,11-15H2,1-2H3,(H,25,26). The van der Waals surface area contributed by atoms with Crippen LogP contribution in [-0.2, 0) is 9.47 Å². The second kappa shape index (κ2) is 19.7. The molecule has 0 aromatic heterocycles. The van der Waals surface area contributed by atoms with Gasteiger partial charge in [0.05, 0.1) is 11.1 Å². The van der Waals surface area contributed by atoms with E-state index in [0.29, 0.717) is 24.2 Å². The molecule has 56 heavy (non-hydrogen) atoms. The number of nitrogens with one attached hydrogen (secondary N) is 2. The third-order valence-corrected chi connectivity index (χ3v) is 12.5. The van der Waals surface area contributed by atoms with Crippen LogP contribution in [0.2, 0.25) is 0 Å². The second-order valence-corrected chi connectivity index (χ2v) is 17.5. The molecule has 0 spiro atoms. The van der Waals surface area contributed by atoms with Gasteiger partial charge in [-0.3, -0.25) is 9.59 Å². The lowest BCUT2D eigenvalue weighted by atomic mass is 9.74. The van der Waals surface area contributed by atoms with Crippen molar-refractivity contribution in [2.24, 2.45) is 10.8 Å². The molecule has 2 aliphatic rings. The van der Waals surface area contributed by atoms with Gasteiger partial charge in [-0.05, 0) is 155 Å². The van der Waals surface area contributed by atoms with E-state index in [1.54, 1.807) is 12.1 Å². The Hall–Kier alpha value is -4.28. The zero-order valence-corrected chi connectivity index (χ0v) is 35.8. The summed E-state index contributed by atoms with van der Waals surface area (Å²) in [5.74, 6) is -0.619. The Kier molecular flexibility index (Phi) is 15.1. The molecule has 296 valence electrons. The zero-order valence-electron chi connectivity index (χ0n) is 32.7. The highest BCUT2D eigenvalue weighted by atomic mass is 79.9. The van der Waals surface area contributed by atoms with Gasteiger partial charge in [-0.1, -0.05) is 74.5 Å². The van der Waals surface area contributed by atoms with Crippen molar-refractivity contribution in [3.8, 4) is 0 Å². The normalized spacial score (nSPS) is 21.8. The van der Waals surface area contributed by atoms with E-state index in [9.17, 15) is 19.2 Å². The Bertz CT molecular complexity index is 1860. The molecular formula is C46H52Br2N2O6. The molecule has 2 saturated carbocycles. The molecule has 0 radical (unpaired) electrons. The summed E-state index contributed by atoms with van der Waals surface area (Å²) in [5, 5.41) is 6.17. The summed E-state index contributed by atoms with van der Waals surface area (Å²) in [5.41, 5.74) is 4.57. The van der Waals surface area contributed by atoms with Gasteiger partial charge in [-0.15, -0.1) is 0 Å². The fraction of sp³-hybridized carbons (Fsp3) is 0.391. The van der Waals surface area contributed by atoms with Crippen molar-refractivity contribution < 1.29 is 28.7 Å². The third-order valence-electron chi connectivity index (χ3n) is 11.1. The van der Waals surface area contributed by atoms with E-state index < -0.39 is 0 Å². The number of benzene rings is 4. The molecule has 0 atom stereocenters. The van der Waals surface area contributed by atoms with Gasteiger partial charge in [0.15, 0.2) is 0 Å². The first-order chi connectivity index (χ1) is 26.8. The molecular weight excluding hydrogens is 836 g/mol. The number of esters is 2. The summed E-state index contributed by atoms with van der Waals surface area (Å²) in [6.45, 7) is 9.53. The number of ether oxygens (including phenoxy) is 2. The predicted octanol–water partition coefficient (Wildman–Crippen LogP) is 10.6. The first-order valence-electron chi connectivity index (χ1n) is 19.3. The van der Waals surface area contributed by atoms with Crippen molar-refractivity contribution in [3.63, 3.8) is 0 Å². The molecule has 2 fully saturated rings. The van der Waals surface area contributed by atoms with Crippen LogP contribution in [0.3, 0.4) is 0 Å². The highest BCUT2D eigenvalue weighted by molar-refractivity contribution is 9.10. The summed E-state index contributed by atoms with van der Waals surface area (Å²) in [6.07, 6.45) is 6.76. The average molecular weight is 889 g/mol. The molecule has 6 rings (SSSR count). The van der Waals surface area contributed by atoms with Gasteiger partial charge in [0.2, 0.25) is 0 Å². The summed E-state index contributed by atoms with van der Waals surface area (Å²) in [4.78, 5) is 49.7. The molecule has 2 aliphatic carbocycles. The Morgan fingerprint density at radius 1 is 0.536 bits per heavy atom. The van der Waals surface area contributed by atoms with Crippen LogP contribution in [0.4, 0.5) is 0 Å². The van der Waals surface area contributed by atoms with E-state index >= 15 is 0 Å². The van der Waals surface area contributed by atoms with Crippen LogP contribution in [-0.4, -0.2) is 49.1 Å². The smallest absolute Gasteiger partial charge is 0.339 e. The van der Waals surface area contributed by atoms with Crippen LogP contribution in [0.25, 0.3) is 0 Å². The Morgan fingerprint density at radius 2 is 0.839 bits per heavy atom. The van der Waals surface area contributed by atoms with E-state index in [1.165, 1.54) is 0 Å². The van der Waals surface area contributed by atoms with Gasteiger partial charge in [-0.2, -0.15) is 0 Å². The van der Waals surface area contributed by atoms with Crippen LogP contribution >= 0.6 is 31.9 Å². The van der Waals surface area contributed by atoms with E-state index in [1.807, 2.05) is 98.8 Å². The van der Waals surface area contributed by atoms with E-state index in [0.717, 1.165) is 82.6 Å². The van der Waals surface area contributed by atoms with Gasteiger partial charge >= 0.3 is 11.9 Å². The molecule has 10 heteroatoms. The quantitative estimate of drug-likeness (QED) is 0.154. The number of carbonyl (C=O) groups is 4. The highest BCUT2D eigenvalue weighted by Gasteiger charge is 2.35. The molecule has 2 N–H and O–H groups in total. The molecule has 0 bridgehead atoms. The monoisotopic (exact) mass is 886 g/mol. The van der Waals surface area contributed by atoms with Crippen molar-refractivity contribution in [1.82, 2.24) is 10.6 Å². The summed E-state index contributed by atoms with van der Waals surface area (Å²) < 4.78 is 12.9. The topological polar surface area (TPSA) is 111 Å². The minimum Gasteiger partial charge on any atom is -0.459 e. The fourth-order valence-electron chi connectivity index (χ4n) is 7.28. The highest BCUT2D eigenvalue weighted by Crippen LogP contribution is 2.38. The van der Waals surface area contributed by atoms with Gasteiger partial charge in [0, 0.05) is 33.2 Å². The summed E-state index contributed by atoms with van der Waals surface area (Å²) in [7, 11) is 0. The minimum atomic E-state index is -0.283. The SMILES string of the molecule is Cc1ccccc1C(=O)NCC1(C)CCC(OC(=O)c2ccccc2Br)CC1.Cc1ccccc1C(=O)NCC1(C)CCC(OC(=O)c2ccccc2Br)CC1. The van der Waals surface area contributed by atoms with Crippen LogP contribution in [0.1, 0.15) is 118 Å². The largest absolute Gasteiger partial charge is 0.459 e. The van der Waals surface area contributed by atoms with E-state index in [2.05, 4.69) is 56.3 Å². The molecule has 4 aromatic rings. The van der Waals surface area contributed by atoms with Crippen LogP contribution in [0, 0.1) is 24.7 Å². The number of amides is 2. The number of rotatable bonds is 10. The van der Waals surface area contributed by atoms with Crippen LogP contribution in [0.15, 0.2) is 106 Å². The third kappa shape index (κ3) is 11.9. The maximum atomic E-state index is 12.5. The minimum absolute atomic E-state index is 0.0224. The van der Waals surface area contributed by atoms with Gasteiger partial charge in [-0.25, -0.2) is 9.59 Å². The molecule has 0 aliphatic heterocycles. The zero-order chi connectivity index (χ0) is 40.3. The van der Waals surface area contributed by atoms with Crippen molar-refractivity contribution in [2.75, 3.05) is 13.1 Å². The number of hydrogen-bond donors (Lipinski definition) is 2. The Morgan fingerprint density at radius 3 is 1.16 bits per heavy atom. The maximum Gasteiger partial charge on any atom is 0.339 e. The molecule has 4 aromatic carbocycles. The predicted molar refractivity (Wildman–Crippen MR) is 227 cm³/mol. The van der Waals surface area contributed by atoms with Crippen molar-refractivity contribution in [2.45, 2.75) is 91.3 Å². The van der Waals surface area contributed by atoms with Crippen molar-refractivity contribution in [1.29, 1.82) is 0 Å². The maximum absolute atomic E-state index is 12.5. The summed E-state index contributed by atoms with van der Waals surface area (Å²) >= 11 is 6.79. The molecule has 2 amide bonds. The summed E-state index contributed by atoms with van der Waals surface area (Å²) in [6, 6.07) is 29.8. The van der Waals surface area contributed by atoms with Gasteiger partial charge < -0.3 is 20.1 Å². The van der Waals surface area contributed by atoms with Crippen LogP contribution < -0.4 is 10.6 Å². The first kappa shape index (κ1) is 42.9. The average Bonchev–Trinajstić information content (AvgIpc) is 3.19. The molecule has 0 saturated heterocycles. The Labute approximate surface area is 347 Å². The number of aryl methyl sites for hydroxylation is 2.